The van der Waals surface area contributed by atoms with Crippen LogP contribution >= 0.6 is 11.6 Å². The van der Waals surface area contributed by atoms with Crippen molar-refractivity contribution in [3.63, 3.8) is 0 Å². The molecule has 0 fully saturated rings. The van der Waals surface area contributed by atoms with E-state index >= 15 is 0 Å². The SMILES string of the molecule is COCC(O)CNc1c(Cl)cccc1[N+](=O)[O-]. The second-order valence-electron chi connectivity index (χ2n) is 3.38. The molecule has 0 heterocycles. The second-order valence-corrected chi connectivity index (χ2v) is 3.79. The van der Waals surface area contributed by atoms with Crippen molar-refractivity contribution in [3.05, 3.63) is 33.3 Å². The van der Waals surface area contributed by atoms with E-state index in [0.717, 1.165) is 0 Å². The van der Waals surface area contributed by atoms with Gasteiger partial charge in [0.15, 0.2) is 0 Å². The first-order valence-electron chi connectivity index (χ1n) is 4.90. The van der Waals surface area contributed by atoms with Gasteiger partial charge in [0.25, 0.3) is 5.69 Å². The average Bonchev–Trinajstić information content (AvgIpc) is 2.27. The maximum absolute atomic E-state index is 10.8. The Bertz CT molecular complexity index is 400. The third-order valence-corrected chi connectivity index (χ3v) is 2.38. The summed E-state index contributed by atoms with van der Waals surface area (Å²) in [5.74, 6) is 0. The van der Waals surface area contributed by atoms with E-state index in [4.69, 9.17) is 16.3 Å². The number of hydrogen-bond acceptors (Lipinski definition) is 5. The molecule has 2 N–H and O–H groups in total. The number of methoxy groups -OCH3 is 1. The van der Waals surface area contributed by atoms with Gasteiger partial charge in [0.05, 0.1) is 22.7 Å². The molecule has 0 spiro atoms. The summed E-state index contributed by atoms with van der Waals surface area (Å²) >= 11 is 5.85. The Morgan fingerprint density at radius 2 is 2.35 bits per heavy atom. The first kappa shape index (κ1) is 13.7. The van der Waals surface area contributed by atoms with Gasteiger partial charge in [-0.05, 0) is 6.07 Å². The van der Waals surface area contributed by atoms with Crippen molar-refractivity contribution < 1.29 is 14.8 Å². The van der Waals surface area contributed by atoms with Gasteiger partial charge in [-0.25, -0.2) is 0 Å². The number of aliphatic hydroxyl groups is 1. The molecule has 0 saturated carbocycles. The molecule has 94 valence electrons. The number of aliphatic hydroxyl groups excluding tert-OH is 1. The number of halogens is 1. The Labute approximate surface area is 103 Å². The van der Waals surface area contributed by atoms with Gasteiger partial charge in [-0.15, -0.1) is 0 Å². The number of hydrogen-bond donors (Lipinski definition) is 2. The molecule has 0 aliphatic heterocycles. The Hall–Kier alpha value is -1.37. The van der Waals surface area contributed by atoms with Gasteiger partial charge in [-0.3, -0.25) is 10.1 Å². The van der Waals surface area contributed by atoms with Crippen molar-refractivity contribution >= 4 is 23.0 Å². The van der Waals surface area contributed by atoms with Crippen molar-refractivity contribution in [3.8, 4) is 0 Å². The highest BCUT2D eigenvalue weighted by atomic mass is 35.5. The molecule has 7 heteroatoms. The summed E-state index contributed by atoms with van der Waals surface area (Å²) in [4.78, 5) is 10.2. The first-order chi connectivity index (χ1) is 8.06. The highest BCUT2D eigenvalue weighted by molar-refractivity contribution is 6.33. The lowest BCUT2D eigenvalue weighted by molar-refractivity contribution is -0.383. The molecule has 17 heavy (non-hydrogen) atoms. The number of nitrogens with zero attached hydrogens (tertiary/aromatic N) is 1. The van der Waals surface area contributed by atoms with Crippen LogP contribution in [0.2, 0.25) is 5.02 Å². The number of rotatable bonds is 6. The number of nitro groups is 1. The zero-order valence-corrected chi connectivity index (χ0v) is 9.98. The molecule has 0 radical (unpaired) electrons. The predicted octanol–water partition coefficient (Wildman–Crippen LogP) is 1.67. The minimum absolute atomic E-state index is 0.123. The smallest absolute Gasteiger partial charge is 0.293 e. The number of anilines is 1. The minimum atomic E-state index is -0.754. The van der Waals surface area contributed by atoms with Crippen LogP contribution in [0.25, 0.3) is 0 Å². The number of nitro benzene ring substituents is 1. The number of ether oxygens (including phenoxy) is 1. The van der Waals surface area contributed by atoms with E-state index in [-0.39, 0.29) is 29.5 Å². The molecule has 1 aromatic carbocycles. The Morgan fingerprint density at radius 1 is 1.65 bits per heavy atom. The molecule has 0 aliphatic carbocycles. The predicted molar refractivity (Wildman–Crippen MR) is 64.5 cm³/mol. The number of benzene rings is 1. The monoisotopic (exact) mass is 260 g/mol. The fourth-order valence-electron chi connectivity index (χ4n) is 1.31. The van der Waals surface area contributed by atoms with Crippen LogP contribution in [-0.2, 0) is 4.74 Å². The lowest BCUT2D eigenvalue weighted by Crippen LogP contribution is -2.24. The molecule has 0 bridgehead atoms. The van der Waals surface area contributed by atoms with Crippen LogP contribution in [0.4, 0.5) is 11.4 Å². The summed E-state index contributed by atoms with van der Waals surface area (Å²) in [6.45, 7) is 0.268. The molecule has 0 saturated heterocycles. The van der Waals surface area contributed by atoms with Crippen molar-refractivity contribution in [2.24, 2.45) is 0 Å². The molecular weight excluding hydrogens is 248 g/mol. The highest BCUT2D eigenvalue weighted by Crippen LogP contribution is 2.31. The molecular formula is C10H13ClN2O4. The largest absolute Gasteiger partial charge is 0.389 e. The minimum Gasteiger partial charge on any atom is -0.389 e. The van der Waals surface area contributed by atoms with Gasteiger partial charge in [0, 0.05) is 19.7 Å². The fraction of sp³-hybridized carbons (Fsp3) is 0.400. The highest BCUT2D eigenvalue weighted by Gasteiger charge is 2.17. The van der Waals surface area contributed by atoms with E-state index in [1.807, 2.05) is 0 Å². The lowest BCUT2D eigenvalue weighted by atomic mass is 10.2. The Kier molecular flexibility index (Phi) is 5.14. The standard InChI is InChI=1S/C10H13ClN2O4/c1-17-6-7(14)5-12-10-8(11)3-2-4-9(10)13(15)16/h2-4,7,12,14H,5-6H2,1H3. The van der Waals surface area contributed by atoms with E-state index in [9.17, 15) is 15.2 Å². The topological polar surface area (TPSA) is 84.6 Å². The maximum atomic E-state index is 10.8. The summed E-state index contributed by atoms with van der Waals surface area (Å²) in [5.41, 5.74) is 0.0800. The van der Waals surface area contributed by atoms with Crippen molar-refractivity contribution in [2.75, 3.05) is 25.6 Å². The third-order valence-electron chi connectivity index (χ3n) is 2.06. The molecule has 6 nitrogen and oxygen atoms in total. The first-order valence-corrected chi connectivity index (χ1v) is 5.27. The van der Waals surface area contributed by atoms with Crippen LogP contribution in [0.1, 0.15) is 0 Å². The third kappa shape index (κ3) is 3.85. The normalized spacial score (nSPS) is 12.2. The zero-order chi connectivity index (χ0) is 12.8. The van der Waals surface area contributed by atoms with Gasteiger partial charge in [-0.2, -0.15) is 0 Å². The Balaban J connectivity index is 2.79. The van der Waals surface area contributed by atoms with Gasteiger partial charge >= 0.3 is 0 Å². The van der Waals surface area contributed by atoms with E-state index in [1.54, 1.807) is 6.07 Å². The second kappa shape index (κ2) is 6.39. The molecule has 0 aromatic heterocycles. The fourth-order valence-corrected chi connectivity index (χ4v) is 1.55. The van der Waals surface area contributed by atoms with Crippen LogP contribution in [0.15, 0.2) is 18.2 Å². The Morgan fingerprint density at radius 3 is 2.94 bits per heavy atom. The molecule has 1 rings (SSSR count). The van der Waals surface area contributed by atoms with E-state index in [2.05, 4.69) is 5.32 Å². The van der Waals surface area contributed by atoms with E-state index in [0.29, 0.717) is 0 Å². The number of para-hydroxylation sites is 1. The molecule has 0 aliphatic rings. The van der Waals surface area contributed by atoms with Gasteiger partial charge in [-0.1, -0.05) is 17.7 Å². The van der Waals surface area contributed by atoms with Crippen molar-refractivity contribution in [1.29, 1.82) is 0 Å². The van der Waals surface area contributed by atoms with Crippen LogP contribution in [0.3, 0.4) is 0 Å². The summed E-state index contributed by atoms with van der Waals surface area (Å²) in [6, 6.07) is 4.38. The van der Waals surface area contributed by atoms with E-state index < -0.39 is 11.0 Å². The summed E-state index contributed by atoms with van der Waals surface area (Å²) < 4.78 is 4.74. The van der Waals surface area contributed by atoms with Crippen LogP contribution < -0.4 is 5.32 Å². The molecule has 1 unspecified atom stereocenters. The molecule has 0 amide bonds. The van der Waals surface area contributed by atoms with Crippen LogP contribution in [-0.4, -0.2) is 36.4 Å². The molecule has 1 aromatic rings. The zero-order valence-electron chi connectivity index (χ0n) is 9.22. The quantitative estimate of drug-likeness (QED) is 0.600. The maximum Gasteiger partial charge on any atom is 0.293 e. The van der Waals surface area contributed by atoms with Gasteiger partial charge in [0.2, 0.25) is 0 Å². The average molecular weight is 261 g/mol. The molecule has 1 atom stereocenters. The van der Waals surface area contributed by atoms with Crippen LogP contribution in [0.5, 0.6) is 0 Å². The summed E-state index contributed by atoms with van der Waals surface area (Å²) in [6.07, 6.45) is -0.754. The summed E-state index contributed by atoms with van der Waals surface area (Å²) in [5, 5.41) is 23.2. The lowest BCUT2D eigenvalue weighted by Gasteiger charge is -2.12. The van der Waals surface area contributed by atoms with Gasteiger partial charge < -0.3 is 15.2 Å². The van der Waals surface area contributed by atoms with Gasteiger partial charge in [0.1, 0.15) is 5.69 Å². The summed E-state index contributed by atoms with van der Waals surface area (Å²) in [7, 11) is 1.46. The van der Waals surface area contributed by atoms with Crippen molar-refractivity contribution in [1.82, 2.24) is 0 Å². The van der Waals surface area contributed by atoms with Crippen LogP contribution in [0, 0.1) is 10.1 Å². The number of nitrogens with one attached hydrogen (secondary N) is 1. The van der Waals surface area contributed by atoms with E-state index in [1.165, 1.54) is 19.2 Å². The van der Waals surface area contributed by atoms with Crippen molar-refractivity contribution in [2.45, 2.75) is 6.10 Å².